The standard InChI is InChI=1S/C22H18F3NO7/c1-29-18-10-15(16(11-19(18)30-2)26-20(27)17-4-3-9-31-17)21(28)32-12-13-5-7-14(8-6-13)33-22(23,24)25/h3-11H,12H2,1-2H3,(H,26,27). The number of rotatable bonds is 8. The minimum absolute atomic E-state index is 0.0188. The van der Waals surface area contributed by atoms with E-state index >= 15 is 0 Å². The quantitative estimate of drug-likeness (QED) is 0.477. The van der Waals surface area contributed by atoms with Crippen molar-refractivity contribution in [1.29, 1.82) is 0 Å². The van der Waals surface area contributed by atoms with Crippen LogP contribution in [0.3, 0.4) is 0 Å². The smallest absolute Gasteiger partial charge is 0.493 e. The van der Waals surface area contributed by atoms with Crippen LogP contribution in [0.4, 0.5) is 18.9 Å². The lowest BCUT2D eigenvalue weighted by atomic mass is 10.1. The summed E-state index contributed by atoms with van der Waals surface area (Å²) in [6, 6.07) is 10.5. The van der Waals surface area contributed by atoms with Crippen molar-refractivity contribution in [2.45, 2.75) is 13.0 Å². The highest BCUT2D eigenvalue weighted by Gasteiger charge is 2.31. The lowest BCUT2D eigenvalue weighted by Gasteiger charge is -2.15. The summed E-state index contributed by atoms with van der Waals surface area (Å²) >= 11 is 0. The molecule has 1 heterocycles. The first-order valence-corrected chi connectivity index (χ1v) is 9.33. The summed E-state index contributed by atoms with van der Waals surface area (Å²) in [6.07, 6.45) is -3.48. The zero-order valence-corrected chi connectivity index (χ0v) is 17.4. The lowest BCUT2D eigenvalue weighted by Crippen LogP contribution is -2.17. The van der Waals surface area contributed by atoms with Gasteiger partial charge in [0.2, 0.25) is 0 Å². The molecule has 3 rings (SSSR count). The van der Waals surface area contributed by atoms with Crippen molar-refractivity contribution < 1.29 is 46.1 Å². The monoisotopic (exact) mass is 465 g/mol. The van der Waals surface area contributed by atoms with Crippen molar-refractivity contribution in [1.82, 2.24) is 0 Å². The Labute approximate surface area is 185 Å². The van der Waals surface area contributed by atoms with Crippen LogP contribution in [0, 0.1) is 0 Å². The van der Waals surface area contributed by atoms with Crippen LogP contribution in [0.1, 0.15) is 26.5 Å². The molecule has 2 aromatic carbocycles. The summed E-state index contributed by atoms with van der Waals surface area (Å²) in [5.74, 6) is -1.34. The number of carbonyl (C=O) groups is 2. The number of nitrogens with one attached hydrogen (secondary N) is 1. The Morgan fingerprint density at radius 1 is 1.00 bits per heavy atom. The van der Waals surface area contributed by atoms with Crippen molar-refractivity contribution in [3.05, 3.63) is 71.7 Å². The zero-order valence-electron chi connectivity index (χ0n) is 17.4. The molecule has 0 saturated carbocycles. The summed E-state index contributed by atoms with van der Waals surface area (Å²) < 4.78 is 61.4. The second kappa shape index (κ2) is 9.98. The molecule has 1 aromatic heterocycles. The van der Waals surface area contributed by atoms with Crippen LogP contribution >= 0.6 is 0 Å². The van der Waals surface area contributed by atoms with Crippen molar-refractivity contribution in [3.63, 3.8) is 0 Å². The Morgan fingerprint density at radius 2 is 1.67 bits per heavy atom. The first-order valence-electron chi connectivity index (χ1n) is 9.33. The molecule has 174 valence electrons. The Bertz CT molecular complexity index is 1110. The summed E-state index contributed by atoms with van der Waals surface area (Å²) in [5.41, 5.74) is 0.456. The van der Waals surface area contributed by atoms with Gasteiger partial charge in [-0.15, -0.1) is 13.2 Å². The van der Waals surface area contributed by atoms with Crippen molar-refractivity contribution in [3.8, 4) is 17.2 Å². The van der Waals surface area contributed by atoms with Crippen LogP contribution in [-0.4, -0.2) is 32.5 Å². The second-order valence-corrected chi connectivity index (χ2v) is 6.45. The van der Waals surface area contributed by atoms with Gasteiger partial charge in [0.25, 0.3) is 5.91 Å². The van der Waals surface area contributed by atoms with Gasteiger partial charge in [0, 0.05) is 12.1 Å². The van der Waals surface area contributed by atoms with E-state index in [1.807, 2.05) is 0 Å². The summed E-state index contributed by atoms with van der Waals surface area (Å²) in [5, 5.41) is 2.56. The average molecular weight is 465 g/mol. The van der Waals surface area contributed by atoms with E-state index in [1.165, 1.54) is 56.9 Å². The molecule has 8 nitrogen and oxygen atoms in total. The number of ether oxygens (including phenoxy) is 4. The van der Waals surface area contributed by atoms with Gasteiger partial charge < -0.3 is 28.7 Å². The lowest BCUT2D eigenvalue weighted by molar-refractivity contribution is -0.274. The molecule has 33 heavy (non-hydrogen) atoms. The Morgan fingerprint density at radius 3 is 2.24 bits per heavy atom. The average Bonchev–Trinajstić information content (AvgIpc) is 3.32. The topological polar surface area (TPSA) is 96.2 Å². The summed E-state index contributed by atoms with van der Waals surface area (Å²) in [4.78, 5) is 25.2. The number of carbonyl (C=O) groups excluding carboxylic acids is 2. The van der Waals surface area contributed by atoms with Crippen LogP contribution in [0.25, 0.3) is 0 Å². The fourth-order valence-corrected chi connectivity index (χ4v) is 2.76. The Hall–Kier alpha value is -4.15. The van der Waals surface area contributed by atoms with E-state index in [4.69, 9.17) is 18.6 Å². The minimum atomic E-state index is -4.81. The molecule has 0 aliphatic rings. The molecule has 0 aliphatic carbocycles. The van der Waals surface area contributed by atoms with E-state index in [9.17, 15) is 22.8 Å². The Balaban J connectivity index is 1.78. The van der Waals surface area contributed by atoms with Gasteiger partial charge in [0.1, 0.15) is 12.4 Å². The zero-order chi connectivity index (χ0) is 24.0. The molecular weight excluding hydrogens is 447 g/mol. The van der Waals surface area contributed by atoms with Crippen LogP contribution in [-0.2, 0) is 11.3 Å². The van der Waals surface area contributed by atoms with Gasteiger partial charge in [-0.25, -0.2) is 4.79 Å². The van der Waals surface area contributed by atoms with Gasteiger partial charge in [-0.05, 0) is 29.8 Å². The molecule has 0 radical (unpaired) electrons. The van der Waals surface area contributed by atoms with E-state index in [2.05, 4.69) is 10.1 Å². The van der Waals surface area contributed by atoms with Crippen LogP contribution in [0.15, 0.2) is 59.2 Å². The van der Waals surface area contributed by atoms with Gasteiger partial charge in [-0.2, -0.15) is 0 Å². The maximum Gasteiger partial charge on any atom is 0.573 e. The molecule has 0 unspecified atom stereocenters. The molecule has 0 spiro atoms. The number of hydrogen-bond donors (Lipinski definition) is 1. The van der Waals surface area contributed by atoms with Crippen molar-refractivity contribution in [2.24, 2.45) is 0 Å². The number of furan rings is 1. The predicted octanol–water partition coefficient (Wildman–Crippen LogP) is 4.80. The van der Waals surface area contributed by atoms with Crippen LogP contribution < -0.4 is 19.5 Å². The van der Waals surface area contributed by atoms with E-state index < -0.39 is 24.0 Å². The number of methoxy groups -OCH3 is 2. The van der Waals surface area contributed by atoms with E-state index in [-0.39, 0.29) is 35.1 Å². The molecule has 1 N–H and O–H groups in total. The summed E-state index contributed by atoms with van der Waals surface area (Å²) in [6.45, 7) is -0.245. The van der Waals surface area contributed by atoms with Crippen molar-refractivity contribution >= 4 is 17.6 Å². The van der Waals surface area contributed by atoms with E-state index in [1.54, 1.807) is 0 Å². The summed E-state index contributed by atoms with van der Waals surface area (Å²) in [7, 11) is 2.76. The molecule has 0 atom stereocenters. The molecule has 0 bridgehead atoms. The van der Waals surface area contributed by atoms with Gasteiger partial charge in [0.15, 0.2) is 17.3 Å². The molecule has 1 amide bonds. The van der Waals surface area contributed by atoms with Gasteiger partial charge >= 0.3 is 12.3 Å². The maximum atomic E-state index is 12.8. The molecule has 11 heteroatoms. The van der Waals surface area contributed by atoms with Crippen LogP contribution in [0.5, 0.6) is 17.2 Å². The number of alkyl halides is 3. The number of amides is 1. The number of anilines is 1. The number of esters is 1. The first kappa shape index (κ1) is 23.5. The van der Waals surface area contributed by atoms with Gasteiger partial charge in [-0.1, -0.05) is 12.1 Å². The fourth-order valence-electron chi connectivity index (χ4n) is 2.76. The second-order valence-electron chi connectivity index (χ2n) is 6.45. The normalized spacial score (nSPS) is 10.9. The molecular formula is C22H18F3NO7. The number of benzene rings is 2. The van der Waals surface area contributed by atoms with E-state index in [0.29, 0.717) is 5.56 Å². The van der Waals surface area contributed by atoms with Gasteiger partial charge in [-0.3, -0.25) is 4.79 Å². The molecule has 3 aromatic rings. The number of hydrogen-bond acceptors (Lipinski definition) is 7. The highest BCUT2D eigenvalue weighted by molar-refractivity contribution is 6.07. The van der Waals surface area contributed by atoms with Crippen molar-refractivity contribution in [2.75, 3.05) is 19.5 Å². The third-order valence-corrected chi connectivity index (χ3v) is 4.26. The molecule has 0 aliphatic heterocycles. The Kier molecular flexibility index (Phi) is 7.11. The largest absolute Gasteiger partial charge is 0.573 e. The number of halogens is 3. The highest BCUT2D eigenvalue weighted by Crippen LogP contribution is 2.34. The third kappa shape index (κ3) is 6.19. The SMILES string of the molecule is COc1cc(NC(=O)c2ccco2)c(C(=O)OCc2ccc(OC(F)(F)F)cc2)cc1OC. The third-order valence-electron chi connectivity index (χ3n) is 4.26. The first-order chi connectivity index (χ1) is 15.7. The fraction of sp³-hybridized carbons (Fsp3) is 0.182. The maximum absolute atomic E-state index is 12.8. The van der Waals surface area contributed by atoms with Crippen LogP contribution in [0.2, 0.25) is 0 Å². The minimum Gasteiger partial charge on any atom is -0.493 e. The van der Waals surface area contributed by atoms with Gasteiger partial charge in [0.05, 0.1) is 31.7 Å². The van der Waals surface area contributed by atoms with E-state index in [0.717, 1.165) is 12.1 Å². The molecule has 0 fully saturated rings. The highest BCUT2D eigenvalue weighted by atomic mass is 19.4. The molecule has 0 saturated heterocycles. The predicted molar refractivity (Wildman–Crippen MR) is 108 cm³/mol.